The van der Waals surface area contributed by atoms with Gasteiger partial charge in [0.1, 0.15) is 10.7 Å². The van der Waals surface area contributed by atoms with Crippen LogP contribution in [0.25, 0.3) is 5.57 Å². The predicted octanol–water partition coefficient (Wildman–Crippen LogP) is 2.00. The highest BCUT2D eigenvalue weighted by Gasteiger charge is 2.17. The number of thioether (sulfide) groups is 1. The van der Waals surface area contributed by atoms with E-state index in [0.717, 1.165) is 42.6 Å². The van der Waals surface area contributed by atoms with Crippen molar-refractivity contribution in [2.24, 2.45) is 0 Å². The second kappa shape index (κ2) is 6.49. The predicted molar refractivity (Wildman–Crippen MR) is 72.6 cm³/mol. The third-order valence-electron chi connectivity index (χ3n) is 2.63. The molecule has 0 saturated carbocycles. The minimum atomic E-state index is 0.751. The SMILES string of the molecule is COCCSc1nsnc1C1=CCCN(C)C1. The van der Waals surface area contributed by atoms with Crippen molar-refractivity contribution in [3.05, 3.63) is 11.8 Å². The van der Waals surface area contributed by atoms with Gasteiger partial charge >= 0.3 is 0 Å². The summed E-state index contributed by atoms with van der Waals surface area (Å²) in [6.07, 6.45) is 3.39. The fraction of sp³-hybridized carbons (Fsp3) is 0.636. The lowest BCUT2D eigenvalue weighted by atomic mass is 10.1. The summed E-state index contributed by atoms with van der Waals surface area (Å²) in [7, 11) is 3.87. The van der Waals surface area contributed by atoms with Gasteiger partial charge in [-0.05, 0) is 19.0 Å². The Morgan fingerprint density at radius 1 is 1.53 bits per heavy atom. The van der Waals surface area contributed by atoms with E-state index in [4.69, 9.17) is 4.74 Å². The van der Waals surface area contributed by atoms with Crippen LogP contribution in [0.1, 0.15) is 12.1 Å². The molecule has 0 bridgehead atoms. The second-order valence-corrected chi connectivity index (χ2v) is 5.63. The van der Waals surface area contributed by atoms with E-state index >= 15 is 0 Å². The Bertz CT molecular complexity index is 392. The van der Waals surface area contributed by atoms with Crippen LogP contribution in [0.4, 0.5) is 0 Å². The zero-order chi connectivity index (χ0) is 12.1. The summed E-state index contributed by atoms with van der Waals surface area (Å²) >= 11 is 3.02. The smallest absolute Gasteiger partial charge is 0.138 e. The van der Waals surface area contributed by atoms with Crippen LogP contribution in [-0.2, 0) is 4.74 Å². The molecule has 2 rings (SSSR count). The normalized spacial score (nSPS) is 17.2. The van der Waals surface area contributed by atoms with Crippen LogP contribution in [0.2, 0.25) is 0 Å². The summed E-state index contributed by atoms with van der Waals surface area (Å²) in [5.74, 6) is 0.929. The number of likely N-dealkylation sites (N-methyl/N-ethyl adjacent to an activating group) is 1. The van der Waals surface area contributed by atoms with Gasteiger partial charge in [0.05, 0.1) is 18.3 Å². The van der Waals surface area contributed by atoms with Gasteiger partial charge in [-0.25, -0.2) is 0 Å². The van der Waals surface area contributed by atoms with E-state index < -0.39 is 0 Å². The molecule has 1 aliphatic heterocycles. The van der Waals surface area contributed by atoms with Crippen molar-refractivity contribution in [2.45, 2.75) is 11.4 Å². The average molecular weight is 271 g/mol. The fourth-order valence-electron chi connectivity index (χ4n) is 1.76. The van der Waals surface area contributed by atoms with Gasteiger partial charge in [-0.2, -0.15) is 8.75 Å². The number of ether oxygens (including phenoxy) is 1. The molecule has 1 aromatic heterocycles. The Labute approximate surface area is 110 Å². The molecular formula is C11H17N3OS2. The van der Waals surface area contributed by atoms with Crippen LogP contribution in [0.5, 0.6) is 0 Å². The Balaban J connectivity index is 2.05. The lowest BCUT2D eigenvalue weighted by molar-refractivity contribution is 0.218. The van der Waals surface area contributed by atoms with Gasteiger partial charge in [-0.15, -0.1) is 11.8 Å². The van der Waals surface area contributed by atoms with E-state index in [1.807, 2.05) is 0 Å². The lowest BCUT2D eigenvalue weighted by Crippen LogP contribution is -2.25. The summed E-state index contributed by atoms with van der Waals surface area (Å²) in [6.45, 7) is 2.86. The molecule has 94 valence electrons. The first-order valence-electron chi connectivity index (χ1n) is 5.63. The maximum Gasteiger partial charge on any atom is 0.138 e. The minimum absolute atomic E-state index is 0.751. The van der Waals surface area contributed by atoms with Gasteiger partial charge in [-0.1, -0.05) is 6.08 Å². The van der Waals surface area contributed by atoms with Crippen molar-refractivity contribution in [2.75, 3.05) is 39.6 Å². The van der Waals surface area contributed by atoms with Crippen LogP contribution in [0.15, 0.2) is 11.1 Å². The van der Waals surface area contributed by atoms with E-state index in [-0.39, 0.29) is 0 Å². The minimum Gasteiger partial charge on any atom is -0.384 e. The highest BCUT2D eigenvalue weighted by atomic mass is 32.2. The van der Waals surface area contributed by atoms with E-state index in [2.05, 4.69) is 26.8 Å². The highest BCUT2D eigenvalue weighted by Crippen LogP contribution is 2.28. The summed E-state index contributed by atoms with van der Waals surface area (Å²) in [4.78, 5) is 2.32. The number of methoxy groups -OCH3 is 1. The molecular weight excluding hydrogens is 254 g/mol. The third kappa shape index (κ3) is 3.51. The number of hydrogen-bond donors (Lipinski definition) is 0. The molecule has 0 fully saturated rings. The van der Waals surface area contributed by atoms with Crippen LogP contribution >= 0.6 is 23.5 Å². The fourth-order valence-corrected chi connectivity index (χ4v) is 3.37. The number of nitrogens with zero attached hydrogens (tertiary/aromatic N) is 3. The topological polar surface area (TPSA) is 38.3 Å². The van der Waals surface area contributed by atoms with E-state index in [0.29, 0.717) is 0 Å². The van der Waals surface area contributed by atoms with Gasteiger partial charge in [0, 0.05) is 26.0 Å². The molecule has 6 heteroatoms. The molecule has 0 aromatic carbocycles. The summed E-state index contributed by atoms with van der Waals surface area (Å²) < 4.78 is 13.8. The van der Waals surface area contributed by atoms with Gasteiger partial charge in [-0.3, -0.25) is 0 Å². The third-order valence-corrected chi connectivity index (χ3v) is 4.20. The van der Waals surface area contributed by atoms with E-state index in [9.17, 15) is 0 Å². The quantitative estimate of drug-likeness (QED) is 0.605. The number of hydrogen-bond acceptors (Lipinski definition) is 6. The Morgan fingerprint density at radius 3 is 3.18 bits per heavy atom. The molecule has 0 spiro atoms. The molecule has 0 atom stereocenters. The van der Waals surface area contributed by atoms with E-state index in [1.165, 1.54) is 17.3 Å². The Hall–Kier alpha value is -0.430. The van der Waals surface area contributed by atoms with Crippen molar-refractivity contribution >= 4 is 29.1 Å². The molecule has 2 heterocycles. The van der Waals surface area contributed by atoms with Crippen LogP contribution in [0, 0.1) is 0 Å². The van der Waals surface area contributed by atoms with Crippen LogP contribution in [-0.4, -0.2) is 53.3 Å². The second-order valence-electron chi connectivity index (χ2n) is 4.02. The van der Waals surface area contributed by atoms with Crippen molar-refractivity contribution < 1.29 is 4.74 Å². The molecule has 17 heavy (non-hydrogen) atoms. The molecule has 1 aromatic rings. The Morgan fingerprint density at radius 2 is 2.41 bits per heavy atom. The highest BCUT2D eigenvalue weighted by molar-refractivity contribution is 7.99. The zero-order valence-electron chi connectivity index (χ0n) is 10.2. The molecule has 0 amide bonds. The molecule has 1 aliphatic rings. The molecule has 0 radical (unpaired) electrons. The van der Waals surface area contributed by atoms with Crippen LogP contribution in [0.3, 0.4) is 0 Å². The molecule has 0 N–H and O–H groups in total. The monoisotopic (exact) mass is 271 g/mol. The summed E-state index contributed by atoms with van der Waals surface area (Å²) in [6, 6.07) is 0. The molecule has 0 aliphatic carbocycles. The van der Waals surface area contributed by atoms with Crippen molar-refractivity contribution in [1.29, 1.82) is 0 Å². The first kappa shape index (κ1) is 13.0. The van der Waals surface area contributed by atoms with Crippen LogP contribution < -0.4 is 0 Å². The largest absolute Gasteiger partial charge is 0.384 e. The van der Waals surface area contributed by atoms with E-state index in [1.54, 1.807) is 18.9 Å². The van der Waals surface area contributed by atoms with Crippen molar-refractivity contribution in [1.82, 2.24) is 13.6 Å². The molecule has 0 saturated heterocycles. The Kier molecular flexibility index (Phi) is 4.97. The van der Waals surface area contributed by atoms with Crippen molar-refractivity contribution in [3.8, 4) is 0 Å². The summed E-state index contributed by atoms with van der Waals surface area (Å²) in [5.41, 5.74) is 2.38. The first-order chi connectivity index (χ1) is 8.31. The van der Waals surface area contributed by atoms with Gasteiger partial charge in [0.15, 0.2) is 0 Å². The standard InChI is InChI=1S/C11H17N3OS2/c1-14-5-3-4-9(8-14)10-11(13-17-12-10)16-7-6-15-2/h4H,3,5-8H2,1-2H3. The maximum atomic E-state index is 5.05. The number of aromatic nitrogens is 2. The zero-order valence-corrected chi connectivity index (χ0v) is 11.8. The van der Waals surface area contributed by atoms with Crippen molar-refractivity contribution in [3.63, 3.8) is 0 Å². The van der Waals surface area contributed by atoms with Gasteiger partial charge in [0.2, 0.25) is 0 Å². The average Bonchev–Trinajstić information content (AvgIpc) is 2.78. The summed E-state index contributed by atoms with van der Waals surface area (Å²) in [5, 5.41) is 1.05. The first-order valence-corrected chi connectivity index (χ1v) is 7.35. The van der Waals surface area contributed by atoms with Gasteiger partial charge < -0.3 is 9.64 Å². The number of rotatable bonds is 5. The lowest BCUT2D eigenvalue weighted by Gasteiger charge is -2.22. The maximum absolute atomic E-state index is 5.05. The molecule has 0 unspecified atom stereocenters. The molecule has 4 nitrogen and oxygen atoms in total. The van der Waals surface area contributed by atoms with Gasteiger partial charge in [0.25, 0.3) is 0 Å².